The van der Waals surface area contributed by atoms with Crippen LogP contribution in [-0.2, 0) is 13.1 Å². The first-order valence-corrected chi connectivity index (χ1v) is 5.78. The standard InChI is InChI=1S/C12H16N4O/c1-4-15-10(6-7-13-15)12(17)11-8-9(3)14-16(11)5-2/h6-8H,4-5H2,1-3H3. The van der Waals surface area contributed by atoms with Gasteiger partial charge >= 0.3 is 0 Å². The van der Waals surface area contributed by atoms with E-state index in [2.05, 4.69) is 10.2 Å². The molecule has 0 bridgehead atoms. The zero-order valence-electron chi connectivity index (χ0n) is 10.3. The number of carbonyl (C=O) groups is 1. The van der Waals surface area contributed by atoms with Crippen molar-refractivity contribution in [3.63, 3.8) is 0 Å². The molecule has 0 atom stereocenters. The lowest BCUT2D eigenvalue weighted by molar-refractivity contribution is 0.101. The van der Waals surface area contributed by atoms with Gasteiger partial charge < -0.3 is 0 Å². The molecule has 0 amide bonds. The van der Waals surface area contributed by atoms with Gasteiger partial charge in [-0.15, -0.1) is 0 Å². The van der Waals surface area contributed by atoms with Crippen molar-refractivity contribution in [1.82, 2.24) is 19.6 Å². The SMILES string of the molecule is CCn1nccc1C(=O)c1cc(C)nn1CC. The molecule has 0 aliphatic heterocycles. The summed E-state index contributed by atoms with van der Waals surface area (Å²) in [5.41, 5.74) is 2.10. The third kappa shape index (κ3) is 2.00. The van der Waals surface area contributed by atoms with Gasteiger partial charge in [-0.25, -0.2) is 0 Å². The van der Waals surface area contributed by atoms with Crippen LogP contribution in [0.15, 0.2) is 18.3 Å². The number of rotatable bonds is 4. The lowest BCUT2D eigenvalue weighted by atomic mass is 10.2. The van der Waals surface area contributed by atoms with Crippen LogP contribution in [0.5, 0.6) is 0 Å². The second-order valence-electron chi connectivity index (χ2n) is 3.85. The van der Waals surface area contributed by atoms with Gasteiger partial charge in [0.25, 0.3) is 0 Å². The second kappa shape index (κ2) is 4.53. The summed E-state index contributed by atoms with van der Waals surface area (Å²) in [6.07, 6.45) is 1.65. The molecule has 5 nitrogen and oxygen atoms in total. The summed E-state index contributed by atoms with van der Waals surface area (Å²) in [5.74, 6) is -0.0215. The van der Waals surface area contributed by atoms with E-state index in [1.807, 2.05) is 26.8 Å². The van der Waals surface area contributed by atoms with Crippen molar-refractivity contribution >= 4 is 5.78 Å². The summed E-state index contributed by atoms with van der Waals surface area (Å²) in [7, 11) is 0. The van der Waals surface area contributed by atoms with E-state index >= 15 is 0 Å². The maximum Gasteiger partial charge on any atom is 0.229 e. The molecule has 0 aliphatic rings. The summed E-state index contributed by atoms with van der Waals surface area (Å²) in [4.78, 5) is 12.4. The van der Waals surface area contributed by atoms with Crippen LogP contribution in [0.25, 0.3) is 0 Å². The topological polar surface area (TPSA) is 52.7 Å². The van der Waals surface area contributed by atoms with Crippen molar-refractivity contribution in [2.24, 2.45) is 0 Å². The Morgan fingerprint density at radius 2 is 1.94 bits per heavy atom. The molecule has 17 heavy (non-hydrogen) atoms. The van der Waals surface area contributed by atoms with Crippen molar-refractivity contribution in [2.75, 3.05) is 0 Å². The number of aromatic nitrogens is 4. The Morgan fingerprint density at radius 1 is 1.24 bits per heavy atom. The summed E-state index contributed by atoms with van der Waals surface area (Å²) in [6.45, 7) is 7.20. The van der Waals surface area contributed by atoms with E-state index in [9.17, 15) is 4.79 Å². The number of carbonyl (C=O) groups excluding carboxylic acids is 1. The zero-order valence-corrected chi connectivity index (χ0v) is 10.3. The van der Waals surface area contributed by atoms with Crippen molar-refractivity contribution in [3.05, 3.63) is 35.4 Å². The van der Waals surface area contributed by atoms with Crippen LogP contribution >= 0.6 is 0 Å². The van der Waals surface area contributed by atoms with E-state index in [0.29, 0.717) is 24.5 Å². The molecule has 0 saturated carbocycles. The largest absolute Gasteiger partial charge is 0.285 e. The Hall–Kier alpha value is -1.91. The Kier molecular flexibility index (Phi) is 3.08. The van der Waals surface area contributed by atoms with Gasteiger partial charge in [0.05, 0.1) is 5.69 Å². The van der Waals surface area contributed by atoms with Gasteiger partial charge in [0.1, 0.15) is 11.4 Å². The fourth-order valence-corrected chi connectivity index (χ4v) is 1.88. The monoisotopic (exact) mass is 232 g/mol. The maximum absolute atomic E-state index is 12.4. The highest BCUT2D eigenvalue weighted by atomic mass is 16.1. The highest BCUT2D eigenvalue weighted by Gasteiger charge is 2.18. The van der Waals surface area contributed by atoms with E-state index in [0.717, 1.165) is 5.69 Å². The van der Waals surface area contributed by atoms with E-state index in [1.54, 1.807) is 21.6 Å². The van der Waals surface area contributed by atoms with Gasteiger partial charge in [0.2, 0.25) is 5.78 Å². The average Bonchev–Trinajstić information content (AvgIpc) is 2.93. The highest BCUT2D eigenvalue weighted by Crippen LogP contribution is 2.11. The predicted molar refractivity (Wildman–Crippen MR) is 64.0 cm³/mol. The number of hydrogen-bond acceptors (Lipinski definition) is 3. The molecule has 0 aromatic carbocycles. The Bertz CT molecular complexity index is 538. The first kappa shape index (κ1) is 11.6. The lowest BCUT2D eigenvalue weighted by Crippen LogP contribution is -2.15. The molecular weight excluding hydrogens is 216 g/mol. The molecule has 2 rings (SSSR count). The van der Waals surface area contributed by atoms with Crippen molar-refractivity contribution < 1.29 is 4.79 Å². The van der Waals surface area contributed by atoms with Crippen molar-refractivity contribution in [2.45, 2.75) is 33.9 Å². The van der Waals surface area contributed by atoms with Gasteiger partial charge in [-0.3, -0.25) is 14.2 Å². The minimum Gasteiger partial charge on any atom is -0.285 e. The van der Waals surface area contributed by atoms with Crippen LogP contribution in [0.1, 0.15) is 35.7 Å². The molecule has 0 spiro atoms. The van der Waals surface area contributed by atoms with Gasteiger partial charge in [0, 0.05) is 19.3 Å². The Morgan fingerprint density at radius 3 is 2.59 bits per heavy atom. The molecule has 0 aliphatic carbocycles. The zero-order chi connectivity index (χ0) is 12.4. The predicted octanol–water partition coefficient (Wildman–Crippen LogP) is 1.66. The minimum absolute atomic E-state index is 0.0215. The molecule has 2 aromatic heterocycles. The average molecular weight is 232 g/mol. The second-order valence-corrected chi connectivity index (χ2v) is 3.85. The third-order valence-corrected chi connectivity index (χ3v) is 2.68. The fraction of sp³-hybridized carbons (Fsp3) is 0.417. The van der Waals surface area contributed by atoms with E-state index < -0.39 is 0 Å². The van der Waals surface area contributed by atoms with E-state index in [-0.39, 0.29) is 5.78 Å². The molecule has 0 radical (unpaired) electrons. The Balaban J connectivity index is 2.43. The van der Waals surface area contributed by atoms with Crippen molar-refractivity contribution in [1.29, 1.82) is 0 Å². The number of ketones is 1. The molecule has 0 fully saturated rings. The molecule has 0 saturated heterocycles. The maximum atomic E-state index is 12.4. The van der Waals surface area contributed by atoms with Gasteiger partial charge in [-0.1, -0.05) is 0 Å². The first-order chi connectivity index (χ1) is 8.17. The van der Waals surface area contributed by atoms with Crippen molar-refractivity contribution in [3.8, 4) is 0 Å². The van der Waals surface area contributed by atoms with Crippen LogP contribution in [-0.4, -0.2) is 25.3 Å². The molecule has 5 heteroatoms. The Labute approximate surface area is 100 Å². The van der Waals surface area contributed by atoms with Crippen LogP contribution in [0.2, 0.25) is 0 Å². The quantitative estimate of drug-likeness (QED) is 0.753. The molecule has 0 N–H and O–H groups in total. The lowest BCUT2D eigenvalue weighted by Gasteiger charge is -2.05. The molecule has 2 aromatic rings. The van der Waals surface area contributed by atoms with Gasteiger partial charge in [-0.05, 0) is 32.9 Å². The van der Waals surface area contributed by atoms with Crippen LogP contribution in [0.3, 0.4) is 0 Å². The third-order valence-electron chi connectivity index (χ3n) is 2.68. The van der Waals surface area contributed by atoms with E-state index in [1.165, 1.54) is 0 Å². The van der Waals surface area contributed by atoms with E-state index in [4.69, 9.17) is 0 Å². The smallest absolute Gasteiger partial charge is 0.229 e. The molecule has 0 unspecified atom stereocenters. The summed E-state index contributed by atoms with van der Waals surface area (Å²) in [5, 5.41) is 8.39. The minimum atomic E-state index is -0.0215. The first-order valence-electron chi connectivity index (χ1n) is 5.78. The molecule has 90 valence electrons. The number of aryl methyl sites for hydroxylation is 3. The van der Waals surface area contributed by atoms with Crippen LogP contribution in [0.4, 0.5) is 0 Å². The summed E-state index contributed by atoms with van der Waals surface area (Å²) in [6, 6.07) is 3.56. The summed E-state index contributed by atoms with van der Waals surface area (Å²) < 4.78 is 3.43. The summed E-state index contributed by atoms with van der Waals surface area (Å²) >= 11 is 0. The molecule has 2 heterocycles. The van der Waals surface area contributed by atoms with Crippen LogP contribution in [0, 0.1) is 6.92 Å². The highest BCUT2D eigenvalue weighted by molar-refractivity contribution is 6.06. The van der Waals surface area contributed by atoms with Crippen LogP contribution < -0.4 is 0 Å². The normalized spacial score (nSPS) is 10.8. The fourth-order valence-electron chi connectivity index (χ4n) is 1.88. The number of nitrogens with zero attached hydrogens (tertiary/aromatic N) is 4. The van der Waals surface area contributed by atoms with Gasteiger partial charge in [0.15, 0.2) is 0 Å². The number of hydrogen-bond donors (Lipinski definition) is 0. The molecular formula is C12H16N4O. The van der Waals surface area contributed by atoms with Gasteiger partial charge in [-0.2, -0.15) is 10.2 Å².